The van der Waals surface area contributed by atoms with Crippen LogP contribution in [0.2, 0.25) is 0 Å². The third kappa shape index (κ3) is 3.71. The Balaban J connectivity index is 1.64. The summed E-state index contributed by atoms with van der Waals surface area (Å²) in [5.74, 6) is 1.74. The van der Waals surface area contributed by atoms with E-state index in [4.69, 9.17) is 5.73 Å². The summed E-state index contributed by atoms with van der Waals surface area (Å²) in [5.41, 5.74) is 5.73. The molecular weight excluding hydrogens is 224 g/mol. The van der Waals surface area contributed by atoms with Crippen molar-refractivity contribution in [3.8, 4) is 0 Å². The van der Waals surface area contributed by atoms with E-state index in [-0.39, 0.29) is 11.8 Å². The van der Waals surface area contributed by atoms with Crippen LogP contribution in [0, 0.1) is 17.8 Å². The number of hydrogen-bond acceptors (Lipinski definition) is 2. The van der Waals surface area contributed by atoms with Crippen molar-refractivity contribution in [1.29, 1.82) is 0 Å². The van der Waals surface area contributed by atoms with Crippen LogP contribution >= 0.6 is 0 Å². The summed E-state index contributed by atoms with van der Waals surface area (Å²) in [6, 6.07) is 0. The van der Waals surface area contributed by atoms with Gasteiger partial charge in [-0.25, -0.2) is 0 Å². The van der Waals surface area contributed by atoms with Crippen molar-refractivity contribution in [2.24, 2.45) is 23.5 Å². The van der Waals surface area contributed by atoms with Crippen molar-refractivity contribution in [3.05, 3.63) is 0 Å². The molecule has 18 heavy (non-hydrogen) atoms. The molecule has 104 valence electrons. The Hall–Kier alpha value is -0.570. The van der Waals surface area contributed by atoms with Gasteiger partial charge in [-0.05, 0) is 37.6 Å². The fourth-order valence-corrected chi connectivity index (χ4v) is 3.67. The minimum atomic E-state index is 0.196. The molecule has 2 unspecified atom stereocenters. The predicted molar refractivity (Wildman–Crippen MR) is 74.1 cm³/mol. The summed E-state index contributed by atoms with van der Waals surface area (Å²) in [4.78, 5) is 12.1. The Morgan fingerprint density at radius 1 is 1.06 bits per heavy atom. The molecule has 3 N–H and O–H groups in total. The molecule has 0 bridgehead atoms. The van der Waals surface area contributed by atoms with E-state index in [2.05, 4.69) is 5.32 Å². The molecule has 0 radical (unpaired) electrons. The molecular formula is C15H28N2O. The molecule has 2 atom stereocenters. The van der Waals surface area contributed by atoms with E-state index in [9.17, 15) is 4.79 Å². The van der Waals surface area contributed by atoms with Crippen molar-refractivity contribution < 1.29 is 4.79 Å². The lowest BCUT2D eigenvalue weighted by atomic mass is 9.87. The zero-order valence-corrected chi connectivity index (χ0v) is 11.5. The molecule has 2 rings (SSSR count). The van der Waals surface area contributed by atoms with Gasteiger partial charge in [-0.15, -0.1) is 0 Å². The fourth-order valence-electron chi connectivity index (χ4n) is 3.67. The molecule has 0 aromatic rings. The normalized spacial score (nSPS) is 29.4. The Morgan fingerprint density at radius 2 is 1.83 bits per heavy atom. The van der Waals surface area contributed by atoms with Gasteiger partial charge in [-0.2, -0.15) is 0 Å². The van der Waals surface area contributed by atoms with Crippen LogP contribution in [0.25, 0.3) is 0 Å². The standard InChI is InChI=1S/C15H28N2O/c16-11-13-7-4-8-14(13)15(18)17-10-9-12-5-2-1-3-6-12/h12-14H,1-11,16H2,(H,17,18). The fraction of sp³-hybridized carbons (Fsp3) is 0.933. The van der Waals surface area contributed by atoms with Gasteiger partial charge < -0.3 is 11.1 Å². The first-order chi connectivity index (χ1) is 8.81. The molecule has 0 heterocycles. The van der Waals surface area contributed by atoms with Crippen LogP contribution in [0.15, 0.2) is 0 Å². The molecule has 0 aromatic carbocycles. The molecule has 0 spiro atoms. The first-order valence-electron chi connectivity index (χ1n) is 7.79. The first kappa shape index (κ1) is 13.9. The van der Waals surface area contributed by atoms with E-state index in [1.165, 1.54) is 44.9 Å². The third-order valence-corrected chi connectivity index (χ3v) is 4.88. The van der Waals surface area contributed by atoms with Crippen LogP contribution in [0.3, 0.4) is 0 Å². The zero-order valence-electron chi connectivity index (χ0n) is 11.5. The maximum Gasteiger partial charge on any atom is 0.223 e. The molecule has 2 fully saturated rings. The number of rotatable bonds is 5. The SMILES string of the molecule is NCC1CCCC1C(=O)NCCC1CCCCC1. The molecule has 0 saturated heterocycles. The van der Waals surface area contributed by atoms with Crippen molar-refractivity contribution in [1.82, 2.24) is 5.32 Å². The van der Waals surface area contributed by atoms with Crippen LogP contribution in [0.1, 0.15) is 57.8 Å². The minimum Gasteiger partial charge on any atom is -0.356 e. The molecule has 2 aliphatic rings. The summed E-state index contributed by atoms with van der Waals surface area (Å²) < 4.78 is 0. The van der Waals surface area contributed by atoms with Crippen LogP contribution in [0.5, 0.6) is 0 Å². The van der Waals surface area contributed by atoms with Gasteiger partial charge in [0.25, 0.3) is 0 Å². The van der Waals surface area contributed by atoms with E-state index in [0.717, 1.165) is 25.3 Å². The highest BCUT2D eigenvalue weighted by Crippen LogP contribution is 2.31. The van der Waals surface area contributed by atoms with E-state index in [1.807, 2.05) is 0 Å². The van der Waals surface area contributed by atoms with E-state index in [0.29, 0.717) is 12.5 Å². The summed E-state index contributed by atoms with van der Waals surface area (Å²) in [6.45, 7) is 1.54. The molecule has 3 nitrogen and oxygen atoms in total. The monoisotopic (exact) mass is 252 g/mol. The van der Waals surface area contributed by atoms with Crippen LogP contribution in [0.4, 0.5) is 0 Å². The summed E-state index contributed by atoms with van der Waals surface area (Å²) in [7, 11) is 0. The van der Waals surface area contributed by atoms with Gasteiger partial charge in [0.2, 0.25) is 5.91 Å². The zero-order chi connectivity index (χ0) is 12.8. The lowest BCUT2D eigenvalue weighted by Crippen LogP contribution is -2.36. The number of carbonyl (C=O) groups excluding carboxylic acids is 1. The second kappa shape index (κ2) is 7.13. The second-order valence-corrected chi connectivity index (χ2v) is 6.12. The van der Waals surface area contributed by atoms with E-state index >= 15 is 0 Å². The van der Waals surface area contributed by atoms with Crippen LogP contribution in [-0.4, -0.2) is 19.0 Å². The number of nitrogens with two attached hydrogens (primary N) is 1. The first-order valence-corrected chi connectivity index (χ1v) is 7.79. The average Bonchev–Trinajstić information content (AvgIpc) is 2.88. The predicted octanol–water partition coefficient (Wildman–Crippen LogP) is 2.45. The van der Waals surface area contributed by atoms with Crippen molar-refractivity contribution in [3.63, 3.8) is 0 Å². The number of amides is 1. The molecule has 3 heteroatoms. The van der Waals surface area contributed by atoms with Crippen molar-refractivity contribution in [2.75, 3.05) is 13.1 Å². The lowest BCUT2D eigenvalue weighted by Gasteiger charge is -2.22. The summed E-state index contributed by atoms with van der Waals surface area (Å²) in [6.07, 6.45) is 11.4. The molecule has 0 aromatic heterocycles. The quantitative estimate of drug-likeness (QED) is 0.789. The van der Waals surface area contributed by atoms with Gasteiger partial charge in [-0.3, -0.25) is 4.79 Å². The Bertz CT molecular complexity index is 261. The Kier molecular flexibility index (Phi) is 5.48. The summed E-state index contributed by atoms with van der Waals surface area (Å²) in [5, 5.41) is 3.14. The number of nitrogens with one attached hydrogen (secondary N) is 1. The number of carbonyl (C=O) groups is 1. The highest BCUT2D eigenvalue weighted by atomic mass is 16.1. The lowest BCUT2D eigenvalue weighted by molar-refractivity contribution is -0.126. The van der Waals surface area contributed by atoms with Crippen molar-refractivity contribution in [2.45, 2.75) is 57.8 Å². The third-order valence-electron chi connectivity index (χ3n) is 4.88. The maximum atomic E-state index is 12.1. The molecule has 2 saturated carbocycles. The smallest absolute Gasteiger partial charge is 0.223 e. The minimum absolute atomic E-state index is 0.196. The van der Waals surface area contributed by atoms with Crippen LogP contribution < -0.4 is 11.1 Å². The molecule has 1 amide bonds. The van der Waals surface area contributed by atoms with Crippen LogP contribution in [-0.2, 0) is 4.79 Å². The van der Waals surface area contributed by atoms with Gasteiger partial charge in [0.05, 0.1) is 0 Å². The summed E-state index contributed by atoms with van der Waals surface area (Å²) >= 11 is 0. The molecule has 0 aliphatic heterocycles. The van der Waals surface area contributed by atoms with Gasteiger partial charge in [0.15, 0.2) is 0 Å². The van der Waals surface area contributed by atoms with Gasteiger partial charge in [0.1, 0.15) is 0 Å². The highest BCUT2D eigenvalue weighted by molar-refractivity contribution is 5.79. The topological polar surface area (TPSA) is 55.1 Å². The van der Waals surface area contributed by atoms with E-state index < -0.39 is 0 Å². The number of hydrogen-bond donors (Lipinski definition) is 2. The largest absolute Gasteiger partial charge is 0.356 e. The van der Waals surface area contributed by atoms with Crippen molar-refractivity contribution >= 4 is 5.91 Å². The molecule has 2 aliphatic carbocycles. The highest BCUT2D eigenvalue weighted by Gasteiger charge is 2.31. The van der Waals surface area contributed by atoms with Gasteiger partial charge in [0, 0.05) is 12.5 Å². The van der Waals surface area contributed by atoms with E-state index in [1.54, 1.807) is 0 Å². The maximum absolute atomic E-state index is 12.1. The average molecular weight is 252 g/mol. The Labute approximate surface area is 111 Å². The van der Waals surface area contributed by atoms with Gasteiger partial charge in [-0.1, -0.05) is 38.5 Å². The van der Waals surface area contributed by atoms with Gasteiger partial charge >= 0.3 is 0 Å². The Morgan fingerprint density at radius 3 is 2.56 bits per heavy atom. The second-order valence-electron chi connectivity index (χ2n) is 6.12.